The van der Waals surface area contributed by atoms with E-state index < -0.39 is 14.8 Å². The lowest BCUT2D eigenvalue weighted by atomic mass is 10.3. The Morgan fingerprint density at radius 1 is 1.27 bits per heavy atom. The van der Waals surface area contributed by atoms with Gasteiger partial charge in [-0.1, -0.05) is 23.7 Å². The summed E-state index contributed by atoms with van der Waals surface area (Å²) < 4.78 is 24.9. The van der Waals surface area contributed by atoms with Crippen molar-refractivity contribution in [1.29, 1.82) is 0 Å². The Hall–Kier alpha value is -1.70. The van der Waals surface area contributed by atoms with Crippen LogP contribution in [0.2, 0.25) is 5.02 Å². The normalized spacial score (nSPS) is 12.2. The van der Waals surface area contributed by atoms with E-state index in [1.54, 1.807) is 25.1 Å². The molecule has 0 aliphatic heterocycles. The van der Waals surface area contributed by atoms with Crippen LogP contribution in [-0.2, 0) is 9.84 Å². The number of nitrogens with zero attached hydrogens (tertiary/aromatic N) is 2. The van der Waals surface area contributed by atoms with Gasteiger partial charge in [0.2, 0.25) is 9.84 Å². The largest absolute Gasteiger partial charge is 0.374 e. The maximum absolute atomic E-state index is 12.5. The quantitative estimate of drug-likeness (QED) is 0.888. The molecule has 0 fully saturated rings. The van der Waals surface area contributed by atoms with Crippen LogP contribution >= 0.6 is 11.6 Å². The van der Waals surface area contributed by atoms with E-state index in [1.165, 1.54) is 26.1 Å². The summed E-state index contributed by atoms with van der Waals surface area (Å²) in [5, 5.41) is 13.1. The molecule has 0 atom stereocenters. The minimum absolute atomic E-state index is 0.0326. The molecular weight excluding hydrogens is 326 g/mol. The molecule has 0 bridgehead atoms. The van der Waals surface area contributed by atoms with Crippen LogP contribution in [0.1, 0.15) is 19.7 Å². The summed E-state index contributed by atoms with van der Waals surface area (Å²) in [6.07, 6.45) is 1.43. The first-order chi connectivity index (χ1) is 10.1. The average molecular weight is 342 g/mol. The van der Waals surface area contributed by atoms with Gasteiger partial charge in [-0.05, 0) is 32.9 Å². The Kier molecular flexibility index (Phi) is 4.42. The lowest BCUT2D eigenvalue weighted by molar-refractivity contribution is 0.165. The first-order valence-electron chi connectivity index (χ1n) is 6.45. The molecule has 0 radical (unpaired) electrons. The highest BCUT2D eigenvalue weighted by atomic mass is 35.5. The molecule has 0 saturated heterocycles. The highest BCUT2D eigenvalue weighted by Crippen LogP contribution is 2.32. The van der Waals surface area contributed by atoms with Crippen LogP contribution in [0.25, 0.3) is 0 Å². The number of sulfone groups is 1. The van der Waals surface area contributed by atoms with Crippen molar-refractivity contribution in [2.24, 2.45) is 0 Å². The highest BCUT2D eigenvalue weighted by Gasteiger charge is 2.35. The van der Waals surface area contributed by atoms with Crippen LogP contribution in [-0.4, -0.2) is 28.4 Å². The molecule has 0 spiro atoms. The van der Waals surface area contributed by atoms with Gasteiger partial charge in [-0.2, -0.15) is 0 Å². The van der Waals surface area contributed by atoms with Crippen molar-refractivity contribution in [2.45, 2.75) is 30.6 Å². The van der Waals surface area contributed by atoms with Gasteiger partial charge in [-0.3, -0.25) is 0 Å². The fourth-order valence-electron chi connectivity index (χ4n) is 1.74. The molecule has 0 aliphatic rings. The van der Waals surface area contributed by atoms with Crippen LogP contribution in [0.5, 0.6) is 0 Å². The van der Waals surface area contributed by atoms with Gasteiger partial charge in [0.25, 0.3) is 0 Å². The van der Waals surface area contributed by atoms with E-state index in [4.69, 9.17) is 11.6 Å². The topological polar surface area (TPSA) is 92.2 Å². The second kappa shape index (κ2) is 5.83. The maximum Gasteiger partial charge on any atom is 0.209 e. The average Bonchev–Trinajstić information content (AvgIpc) is 2.42. The van der Waals surface area contributed by atoms with Gasteiger partial charge in [0.1, 0.15) is 10.8 Å². The zero-order valence-electron chi connectivity index (χ0n) is 12.3. The predicted molar refractivity (Wildman–Crippen MR) is 85.0 cm³/mol. The minimum Gasteiger partial charge on any atom is -0.374 e. The fraction of sp³-hybridized carbons (Fsp3) is 0.286. The molecule has 0 amide bonds. The van der Waals surface area contributed by atoms with E-state index in [9.17, 15) is 13.5 Å². The number of anilines is 2. The number of aryl methyl sites for hydroxylation is 1. The van der Waals surface area contributed by atoms with Gasteiger partial charge in [-0.15, -0.1) is 0 Å². The zero-order chi connectivity index (χ0) is 16.5. The molecule has 2 aromatic rings. The van der Waals surface area contributed by atoms with E-state index in [-0.39, 0.29) is 15.6 Å². The molecule has 0 unspecified atom stereocenters. The van der Waals surface area contributed by atoms with Crippen molar-refractivity contribution in [3.63, 3.8) is 0 Å². The molecule has 1 heterocycles. The second-order valence-electron chi connectivity index (χ2n) is 5.19. The third-order valence-corrected chi connectivity index (χ3v) is 5.48. The molecule has 8 heteroatoms. The summed E-state index contributed by atoms with van der Waals surface area (Å²) in [7, 11) is -3.94. The van der Waals surface area contributed by atoms with Crippen molar-refractivity contribution in [2.75, 3.05) is 5.32 Å². The number of rotatable bonds is 4. The molecule has 2 rings (SSSR count). The molecule has 0 aliphatic carbocycles. The van der Waals surface area contributed by atoms with Gasteiger partial charge >= 0.3 is 0 Å². The SMILES string of the molecule is Cc1ncc(Cl)c(Nc2ccccc2S(=O)(=O)C(C)(C)O)n1. The van der Waals surface area contributed by atoms with Crippen molar-refractivity contribution < 1.29 is 13.5 Å². The number of hydrogen-bond acceptors (Lipinski definition) is 6. The van der Waals surface area contributed by atoms with Gasteiger partial charge in [0, 0.05) is 0 Å². The summed E-state index contributed by atoms with van der Waals surface area (Å²) in [6, 6.07) is 6.24. The van der Waals surface area contributed by atoms with E-state index in [2.05, 4.69) is 15.3 Å². The number of para-hydroxylation sites is 1. The first-order valence-corrected chi connectivity index (χ1v) is 8.31. The Morgan fingerprint density at radius 2 is 1.91 bits per heavy atom. The minimum atomic E-state index is -3.94. The second-order valence-corrected chi connectivity index (χ2v) is 8.04. The number of halogens is 1. The number of aromatic nitrogens is 2. The highest BCUT2D eigenvalue weighted by molar-refractivity contribution is 7.92. The van der Waals surface area contributed by atoms with Crippen LogP contribution in [0.4, 0.5) is 11.5 Å². The third-order valence-electron chi connectivity index (χ3n) is 2.95. The molecule has 22 heavy (non-hydrogen) atoms. The van der Waals surface area contributed by atoms with E-state index in [0.29, 0.717) is 11.6 Å². The fourth-order valence-corrected chi connectivity index (χ4v) is 3.09. The number of benzene rings is 1. The Bertz CT molecular complexity index is 801. The zero-order valence-corrected chi connectivity index (χ0v) is 13.9. The summed E-state index contributed by atoms with van der Waals surface area (Å²) in [4.78, 5) is 6.15. The molecular formula is C14H16ClN3O3S. The van der Waals surface area contributed by atoms with Crippen molar-refractivity contribution in [3.05, 3.63) is 41.3 Å². The predicted octanol–water partition coefficient (Wildman–Crippen LogP) is 2.68. The Morgan fingerprint density at radius 3 is 2.55 bits per heavy atom. The summed E-state index contributed by atoms with van der Waals surface area (Å²) in [5.41, 5.74) is 0.282. The van der Waals surface area contributed by atoms with Crippen LogP contribution in [0.3, 0.4) is 0 Å². The number of aliphatic hydroxyl groups is 1. The van der Waals surface area contributed by atoms with E-state index in [1.807, 2.05) is 0 Å². The molecule has 2 N–H and O–H groups in total. The summed E-state index contributed by atoms with van der Waals surface area (Å²) in [5.74, 6) is 0.794. The molecule has 118 valence electrons. The summed E-state index contributed by atoms with van der Waals surface area (Å²) >= 11 is 6.02. The van der Waals surface area contributed by atoms with Gasteiger partial charge in [-0.25, -0.2) is 18.4 Å². The molecule has 1 aromatic carbocycles. The Labute approximate surface area is 134 Å². The standard InChI is InChI=1S/C14H16ClN3O3S/c1-9-16-8-10(15)13(17-9)18-11-6-4-5-7-12(11)22(20,21)14(2,3)19/h4-8,19H,1-3H3,(H,16,17,18). The maximum atomic E-state index is 12.5. The third kappa shape index (κ3) is 3.21. The summed E-state index contributed by atoms with van der Waals surface area (Å²) in [6.45, 7) is 4.14. The monoisotopic (exact) mass is 341 g/mol. The van der Waals surface area contributed by atoms with Gasteiger partial charge in [0.05, 0.1) is 16.8 Å². The van der Waals surface area contributed by atoms with E-state index in [0.717, 1.165) is 0 Å². The number of nitrogens with one attached hydrogen (secondary N) is 1. The number of hydrogen-bond donors (Lipinski definition) is 2. The molecule has 1 aromatic heterocycles. The molecule has 0 saturated carbocycles. The van der Waals surface area contributed by atoms with Crippen LogP contribution < -0.4 is 5.32 Å². The van der Waals surface area contributed by atoms with Crippen molar-refractivity contribution >= 4 is 32.9 Å². The van der Waals surface area contributed by atoms with E-state index >= 15 is 0 Å². The molecule has 6 nitrogen and oxygen atoms in total. The first kappa shape index (κ1) is 16.7. The lowest BCUT2D eigenvalue weighted by Gasteiger charge is -2.20. The van der Waals surface area contributed by atoms with Gasteiger partial charge < -0.3 is 10.4 Å². The lowest BCUT2D eigenvalue weighted by Crippen LogP contribution is -2.31. The van der Waals surface area contributed by atoms with Crippen molar-refractivity contribution in [3.8, 4) is 0 Å². The smallest absolute Gasteiger partial charge is 0.209 e. The Balaban J connectivity index is 2.53. The van der Waals surface area contributed by atoms with Gasteiger partial charge in [0.15, 0.2) is 10.8 Å². The van der Waals surface area contributed by atoms with Crippen LogP contribution in [0.15, 0.2) is 35.4 Å². The van der Waals surface area contributed by atoms with Crippen molar-refractivity contribution in [1.82, 2.24) is 9.97 Å². The van der Waals surface area contributed by atoms with Crippen LogP contribution in [0, 0.1) is 6.92 Å².